The van der Waals surface area contributed by atoms with Crippen LogP contribution in [0.15, 0.2) is 24.3 Å². The number of carbonyl (C=O) groups excluding carboxylic acids is 2. The summed E-state index contributed by atoms with van der Waals surface area (Å²) in [5, 5.41) is 5.64. The van der Waals surface area contributed by atoms with Gasteiger partial charge in [-0.25, -0.2) is 4.79 Å². The lowest BCUT2D eigenvalue weighted by atomic mass is 10.0. The van der Waals surface area contributed by atoms with Gasteiger partial charge in [-0.15, -0.1) is 0 Å². The minimum absolute atomic E-state index is 0.121. The third-order valence-corrected chi connectivity index (χ3v) is 4.81. The van der Waals surface area contributed by atoms with Crippen LogP contribution in [0.1, 0.15) is 63.7 Å². The molecule has 3 N–H and O–H groups in total. The van der Waals surface area contributed by atoms with Crippen molar-refractivity contribution in [1.82, 2.24) is 5.32 Å². The van der Waals surface area contributed by atoms with Crippen molar-refractivity contribution in [3.63, 3.8) is 0 Å². The van der Waals surface area contributed by atoms with Crippen molar-refractivity contribution in [2.24, 2.45) is 0 Å². The summed E-state index contributed by atoms with van der Waals surface area (Å²) in [5.41, 5.74) is 0.512. The molecule has 1 saturated heterocycles. The molecule has 6 nitrogen and oxygen atoms in total. The molecule has 1 aromatic rings. The van der Waals surface area contributed by atoms with E-state index in [1.54, 1.807) is 29.2 Å². The molecule has 1 aliphatic heterocycles. The lowest BCUT2D eigenvalue weighted by Gasteiger charge is -2.30. The number of carbonyl (C=O) groups is 2. The van der Waals surface area contributed by atoms with Crippen molar-refractivity contribution in [3.05, 3.63) is 29.8 Å². The molecule has 150 valence electrons. The Hall–Kier alpha value is -2.08. The first-order valence-electron chi connectivity index (χ1n) is 9.97. The Bertz CT molecular complexity index is 640. The van der Waals surface area contributed by atoms with Gasteiger partial charge in [0.15, 0.2) is 0 Å². The smallest absolute Gasteiger partial charge is 0.412 e. The predicted molar refractivity (Wildman–Crippen MR) is 107 cm³/mol. The van der Waals surface area contributed by atoms with Gasteiger partial charge in [-0.2, -0.15) is 0 Å². The van der Waals surface area contributed by atoms with Crippen molar-refractivity contribution in [1.29, 1.82) is 0 Å². The third kappa shape index (κ3) is 7.59. The van der Waals surface area contributed by atoms with Crippen LogP contribution >= 0.6 is 0 Å². The van der Waals surface area contributed by atoms with E-state index in [4.69, 9.17) is 4.74 Å². The normalized spacial score (nSPS) is 20.0. The van der Waals surface area contributed by atoms with Gasteiger partial charge < -0.3 is 15.0 Å². The molecular formula is C21H34N3O3+. The number of likely N-dealkylation sites (tertiary alicyclic amines) is 1. The van der Waals surface area contributed by atoms with E-state index in [1.807, 2.05) is 20.8 Å². The molecule has 0 radical (unpaired) electrons. The van der Waals surface area contributed by atoms with E-state index in [9.17, 15) is 9.59 Å². The fraction of sp³-hybridized carbons (Fsp3) is 0.619. The fourth-order valence-corrected chi connectivity index (χ4v) is 3.40. The van der Waals surface area contributed by atoms with Gasteiger partial charge >= 0.3 is 6.09 Å². The monoisotopic (exact) mass is 376 g/mol. The molecule has 0 spiro atoms. The number of benzene rings is 1. The van der Waals surface area contributed by atoms with Crippen molar-refractivity contribution >= 4 is 17.7 Å². The quantitative estimate of drug-likeness (QED) is 0.669. The van der Waals surface area contributed by atoms with E-state index < -0.39 is 11.7 Å². The minimum atomic E-state index is -0.563. The summed E-state index contributed by atoms with van der Waals surface area (Å²) in [6, 6.07) is 7.62. The van der Waals surface area contributed by atoms with Crippen LogP contribution in [0.25, 0.3) is 0 Å². The second-order valence-corrected chi connectivity index (χ2v) is 8.37. The van der Waals surface area contributed by atoms with Crippen molar-refractivity contribution < 1.29 is 19.2 Å². The first-order valence-corrected chi connectivity index (χ1v) is 9.97. The molecule has 1 fully saturated rings. The summed E-state index contributed by atoms with van der Waals surface area (Å²) in [6.07, 6.45) is 4.40. The van der Waals surface area contributed by atoms with E-state index in [1.165, 1.54) is 25.8 Å². The molecule has 0 aliphatic carbocycles. The second-order valence-electron chi connectivity index (χ2n) is 8.37. The molecule has 1 aliphatic rings. The minimum Gasteiger partial charge on any atom is -0.444 e. The Kier molecular flexibility index (Phi) is 7.66. The average molecular weight is 377 g/mol. The molecule has 0 bridgehead atoms. The molecule has 2 amide bonds. The number of quaternary nitrogens is 1. The van der Waals surface area contributed by atoms with Gasteiger partial charge in [-0.1, -0.05) is 6.07 Å². The van der Waals surface area contributed by atoms with E-state index in [2.05, 4.69) is 17.6 Å². The number of piperidine rings is 1. The Morgan fingerprint density at radius 3 is 2.74 bits per heavy atom. The maximum Gasteiger partial charge on any atom is 0.412 e. The molecule has 27 heavy (non-hydrogen) atoms. The molecule has 1 unspecified atom stereocenters. The molecule has 0 aromatic heterocycles. The number of nitrogens with one attached hydrogen (secondary N) is 3. The van der Waals surface area contributed by atoms with Gasteiger partial charge in [0.05, 0.1) is 19.1 Å². The van der Waals surface area contributed by atoms with E-state index in [0.717, 1.165) is 19.0 Å². The molecule has 1 aromatic carbocycles. The molecule has 2 atom stereocenters. The number of amides is 2. The summed E-state index contributed by atoms with van der Waals surface area (Å²) in [7, 11) is 0. The number of anilines is 1. The number of ether oxygens (including phenoxy) is 1. The van der Waals surface area contributed by atoms with Crippen LogP contribution in [0.3, 0.4) is 0 Å². The van der Waals surface area contributed by atoms with Gasteiger partial charge in [-0.05, 0) is 65.2 Å². The highest BCUT2D eigenvalue weighted by atomic mass is 16.6. The largest absolute Gasteiger partial charge is 0.444 e. The summed E-state index contributed by atoms with van der Waals surface area (Å²) >= 11 is 0. The lowest BCUT2D eigenvalue weighted by molar-refractivity contribution is -0.928. The first kappa shape index (κ1) is 21.2. The van der Waals surface area contributed by atoms with Gasteiger partial charge in [0, 0.05) is 24.2 Å². The fourth-order valence-electron chi connectivity index (χ4n) is 3.40. The van der Waals surface area contributed by atoms with Crippen LogP contribution in [-0.4, -0.2) is 43.3 Å². The maximum absolute atomic E-state index is 12.4. The highest BCUT2D eigenvalue weighted by Crippen LogP contribution is 2.13. The lowest BCUT2D eigenvalue weighted by Crippen LogP contribution is -3.16. The van der Waals surface area contributed by atoms with E-state index >= 15 is 0 Å². The van der Waals surface area contributed by atoms with Crippen molar-refractivity contribution in [2.45, 2.75) is 65.0 Å². The number of hydrogen-bond acceptors (Lipinski definition) is 3. The molecule has 0 saturated carbocycles. The van der Waals surface area contributed by atoms with Crippen LogP contribution in [-0.2, 0) is 4.74 Å². The zero-order valence-electron chi connectivity index (χ0n) is 17.1. The van der Waals surface area contributed by atoms with E-state index in [-0.39, 0.29) is 5.91 Å². The highest BCUT2D eigenvalue weighted by molar-refractivity contribution is 5.96. The Balaban J connectivity index is 1.78. The molecule has 2 rings (SSSR count). The van der Waals surface area contributed by atoms with Crippen molar-refractivity contribution in [3.8, 4) is 0 Å². The SMILES string of the molecule is C[C@@H]1CCCC[NH+]1CCCNC(=O)c1cccc(NC(=O)OC(C)(C)C)c1. The zero-order valence-corrected chi connectivity index (χ0v) is 17.1. The van der Waals surface area contributed by atoms with Gasteiger partial charge in [0.1, 0.15) is 5.60 Å². The molecular weight excluding hydrogens is 342 g/mol. The van der Waals surface area contributed by atoms with Crippen LogP contribution in [0.2, 0.25) is 0 Å². The maximum atomic E-state index is 12.4. The Labute approximate surface area is 162 Å². The Morgan fingerprint density at radius 1 is 1.26 bits per heavy atom. The van der Waals surface area contributed by atoms with Crippen LogP contribution in [0.5, 0.6) is 0 Å². The topological polar surface area (TPSA) is 71.9 Å². The van der Waals surface area contributed by atoms with Crippen LogP contribution < -0.4 is 15.5 Å². The standard InChI is InChI=1S/C21H33N3O3/c1-16-9-5-6-13-24(16)14-8-12-22-19(25)17-10-7-11-18(15-17)23-20(26)27-21(2,3)4/h7,10-11,15-16H,5-6,8-9,12-14H2,1-4H3,(H,22,25)(H,23,26)/p+1/t16-/m1/s1. The average Bonchev–Trinajstić information content (AvgIpc) is 2.58. The summed E-state index contributed by atoms with van der Waals surface area (Å²) < 4.78 is 5.23. The summed E-state index contributed by atoms with van der Waals surface area (Å²) in [6.45, 7) is 10.7. The Morgan fingerprint density at radius 2 is 2.04 bits per heavy atom. The van der Waals surface area contributed by atoms with Gasteiger partial charge in [0.2, 0.25) is 0 Å². The van der Waals surface area contributed by atoms with Crippen LogP contribution in [0, 0.1) is 0 Å². The van der Waals surface area contributed by atoms with Gasteiger partial charge in [-0.3, -0.25) is 10.1 Å². The third-order valence-electron chi connectivity index (χ3n) is 4.81. The number of hydrogen-bond donors (Lipinski definition) is 3. The highest BCUT2D eigenvalue weighted by Gasteiger charge is 2.21. The van der Waals surface area contributed by atoms with Crippen LogP contribution in [0.4, 0.5) is 10.5 Å². The number of rotatable bonds is 6. The first-order chi connectivity index (χ1) is 12.7. The molecule has 6 heteroatoms. The van der Waals surface area contributed by atoms with Gasteiger partial charge in [0.25, 0.3) is 5.91 Å². The zero-order chi connectivity index (χ0) is 19.9. The van der Waals surface area contributed by atoms with E-state index in [0.29, 0.717) is 17.8 Å². The van der Waals surface area contributed by atoms with Crippen molar-refractivity contribution in [2.75, 3.05) is 25.0 Å². The predicted octanol–water partition coefficient (Wildman–Crippen LogP) is 2.61. The summed E-state index contributed by atoms with van der Waals surface area (Å²) in [5.74, 6) is -0.121. The molecule has 1 heterocycles. The summed E-state index contributed by atoms with van der Waals surface area (Å²) in [4.78, 5) is 25.9. The second kappa shape index (κ2) is 9.74.